The van der Waals surface area contributed by atoms with Crippen LogP contribution in [0.2, 0.25) is 0 Å². The van der Waals surface area contributed by atoms with Gasteiger partial charge in [-0.15, -0.1) is 11.8 Å². The van der Waals surface area contributed by atoms with Crippen LogP contribution in [0.1, 0.15) is 10.4 Å². The van der Waals surface area contributed by atoms with Crippen molar-refractivity contribution in [2.75, 3.05) is 11.6 Å². The second kappa shape index (κ2) is 5.57. The number of nitrogens with zero attached hydrogens (tertiary/aromatic N) is 4. The largest absolute Gasteiger partial charge is 0.480 e. The first-order valence-electron chi connectivity index (χ1n) is 6.23. The van der Waals surface area contributed by atoms with E-state index >= 15 is 0 Å². The highest BCUT2D eigenvalue weighted by Gasteiger charge is 2.35. The van der Waals surface area contributed by atoms with E-state index in [1.165, 1.54) is 22.9 Å². The maximum absolute atomic E-state index is 12.3. The molecule has 1 aliphatic rings. The van der Waals surface area contributed by atoms with Crippen LogP contribution in [0.25, 0.3) is 5.82 Å². The van der Waals surface area contributed by atoms with Crippen LogP contribution in [0.4, 0.5) is 0 Å². The molecule has 21 heavy (non-hydrogen) atoms. The summed E-state index contributed by atoms with van der Waals surface area (Å²) in [4.78, 5) is 33.0. The van der Waals surface area contributed by atoms with Crippen molar-refractivity contribution in [2.45, 2.75) is 6.04 Å². The van der Waals surface area contributed by atoms with Gasteiger partial charge in [0, 0.05) is 24.3 Å². The van der Waals surface area contributed by atoms with Crippen molar-refractivity contribution >= 4 is 23.6 Å². The van der Waals surface area contributed by atoms with Crippen LogP contribution in [0.3, 0.4) is 0 Å². The number of carboxylic acids is 1. The predicted octanol–water partition coefficient (Wildman–Crippen LogP) is 0.867. The maximum atomic E-state index is 12.3. The SMILES string of the molecule is O=C(O)C1CSCN1C(=O)c1ccc(-n2ccnc2)nc1. The zero-order valence-corrected chi connectivity index (χ0v) is 11.7. The van der Waals surface area contributed by atoms with E-state index in [9.17, 15) is 9.59 Å². The molecule has 1 fully saturated rings. The normalized spacial score (nSPS) is 17.9. The van der Waals surface area contributed by atoms with Gasteiger partial charge in [-0.1, -0.05) is 0 Å². The lowest BCUT2D eigenvalue weighted by Crippen LogP contribution is -2.41. The quantitative estimate of drug-likeness (QED) is 0.905. The Morgan fingerprint density at radius 2 is 2.24 bits per heavy atom. The lowest BCUT2D eigenvalue weighted by molar-refractivity contribution is -0.140. The van der Waals surface area contributed by atoms with Crippen molar-refractivity contribution in [3.8, 4) is 5.82 Å². The number of thioether (sulfide) groups is 1. The van der Waals surface area contributed by atoms with Gasteiger partial charge in [-0.25, -0.2) is 14.8 Å². The molecule has 1 aliphatic heterocycles. The summed E-state index contributed by atoms with van der Waals surface area (Å²) in [6.45, 7) is 0. The Hall–Kier alpha value is -2.35. The summed E-state index contributed by atoms with van der Waals surface area (Å²) in [5.41, 5.74) is 0.382. The summed E-state index contributed by atoms with van der Waals surface area (Å²) < 4.78 is 1.72. The molecular weight excluding hydrogens is 292 g/mol. The molecular formula is C13H12N4O3S. The van der Waals surface area contributed by atoms with Crippen LogP contribution < -0.4 is 0 Å². The van der Waals surface area contributed by atoms with Gasteiger partial charge in [0.05, 0.1) is 11.4 Å². The molecule has 1 saturated heterocycles. The molecule has 108 valence electrons. The Morgan fingerprint density at radius 3 is 2.86 bits per heavy atom. The second-order valence-electron chi connectivity index (χ2n) is 4.50. The van der Waals surface area contributed by atoms with Crippen LogP contribution in [0, 0.1) is 0 Å². The Morgan fingerprint density at radius 1 is 1.38 bits per heavy atom. The summed E-state index contributed by atoms with van der Waals surface area (Å²) in [6, 6.07) is 2.58. The molecule has 0 aromatic carbocycles. The first-order valence-corrected chi connectivity index (χ1v) is 7.38. The zero-order valence-electron chi connectivity index (χ0n) is 10.9. The number of aliphatic carboxylic acids is 1. The fraction of sp³-hybridized carbons (Fsp3) is 0.231. The first kappa shape index (κ1) is 13.6. The van der Waals surface area contributed by atoms with E-state index in [0.717, 1.165) is 0 Å². The van der Waals surface area contributed by atoms with Crippen molar-refractivity contribution in [1.29, 1.82) is 0 Å². The van der Waals surface area contributed by atoms with Gasteiger partial charge in [0.2, 0.25) is 0 Å². The molecule has 0 aliphatic carbocycles. The minimum absolute atomic E-state index is 0.308. The summed E-state index contributed by atoms with van der Waals surface area (Å²) in [5.74, 6) is 0.170. The molecule has 0 spiro atoms. The fourth-order valence-corrected chi connectivity index (χ4v) is 3.22. The van der Waals surface area contributed by atoms with E-state index < -0.39 is 12.0 Å². The topological polar surface area (TPSA) is 88.3 Å². The number of aromatic nitrogens is 3. The van der Waals surface area contributed by atoms with Crippen LogP contribution in [-0.2, 0) is 4.79 Å². The molecule has 7 nitrogen and oxygen atoms in total. The molecule has 0 bridgehead atoms. The monoisotopic (exact) mass is 304 g/mol. The predicted molar refractivity (Wildman–Crippen MR) is 76.3 cm³/mol. The molecule has 8 heteroatoms. The molecule has 1 amide bonds. The van der Waals surface area contributed by atoms with Gasteiger partial charge >= 0.3 is 5.97 Å². The van der Waals surface area contributed by atoms with E-state index in [2.05, 4.69) is 9.97 Å². The molecule has 0 radical (unpaired) electrons. The first-order chi connectivity index (χ1) is 10.2. The lowest BCUT2D eigenvalue weighted by atomic mass is 10.2. The molecule has 2 aromatic heterocycles. The molecule has 2 aromatic rings. The van der Waals surface area contributed by atoms with Crippen LogP contribution in [0.15, 0.2) is 37.1 Å². The molecule has 1 unspecified atom stereocenters. The fourth-order valence-electron chi connectivity index (χ4n) is 2.07. The summed E-state index contributed by atoms with van der Waals surface area (Å²) in [7, 11) is 0. The standard InChI is InChI=1S/C13H12N4O3S/c18-12(17-8-21-6-10(17)13(19)20)9-1-2-11(15-5-9)16-4-3-14-7-16/h1-5,7,10H,6,8H2,(H,19,20). The van der Waals surface area contributed by atoms with Gasteiger partial charge in [0.15, 0.2) is 0 Å². The number of hydrogen-bond donors (Lipinski definition) is 1. The number of amides is 1. The second-order valence-corrected chi connectivity index (χ2v) is 5.50. The van der Waals surface area contributed by atoms with Gasteiger partial charge in [-0.3, -0.25) is 9.36 Å². The highest BCUT2D eigenvalue weighted by molar-refractivity contribution is 7.99. The molecule has 3 rings (SSSR count). The Bertz CT molecular complexity index is 657. The van der Waals surface area contributed by atoms with E-state index in [1.807, 2.05) is 0 Å². The maximum Gasteiger partial charge on any atom is 0.327 e. The summed E-state index contributed by atoms with van der Waals surface area (Å²) in [5, 5.41) is 9.12. The lowest BCUT2D eigenvalue weighted by Gasteiger charge is -2.20. The summed E-state index contributed by atoms with van der Waals surface area (Å²) in [6.07, 6.45) is 6.46. The van der Waals surface area contributed by atoms with E-state index in [4.69, 9.17) is 5.11 Å². The van der Waals surface area contributed by atoms with Crippen molar-refractivity contribution in [1.82, 2.24) is 19.4 Å². The van der Waals surface area contributed by atoms with Gasteiger partial charge in [0.25, 0.3) is 5.91 Å². The van der Waals surface area contributed by atoms with Crippen molar-refractivity contribution in [3.05, 3.63) is 42.6 Å². The highest BCUT2D eigenvalue weighted by Crippen LogP contribution is 2.23. The molecule has 1 atom stereocenters. The van der Waals surface area contributed by atoms with Gasteiger partial charge in [0.1, 0.15) is 18.2 Å². The smallest absolute Gasteiger partial charge is 0.327 e. The number of imidazole rings is 1. The van der Waals surface area contributed by atoms with Crippen molar-refractivity contribution in [3.63, 3.8) is 0 Å². The van der Waals surface area contributed by atoms with E-state index in [1.54, 1.807) is 35.4 Å². The van der Waals surface area contributed by atoms with Crippen LogP contribution in [-0.4, -0.2) is 54.1 Å². The highest BCUT2D eigenvalue weighted by atomic mass is 32.2. The third kappa shape index (κ3) is 2.62. The van der Waals surface area contributed by atoms with Crippen molar-refractivity contribution in [2.24, 2.45) is 0 Å². The average Bonchev–Trinajstić information content (AvgIpc) is 3.18. The Labute approximate surface area is 124 Å². The number of rotatable bonds is 3. The third-order valence-electron chi connectivity index (χ3n) is 3.19. The third-order valence-corrected chi connectivity index (χ3v) is 4.20. The molecule has 1 N–H and O–H groups in total. The minimum Gasteiger partial charge on any atom is -0.480 e. The minimum atomic E-state index is -0.976. The number of hydrogen-bond acceptors (Lipinski definition) is 5. The molecule has 0 saturated carbocycles. The van der Waals surface area contributed by atoms with Gasteiger partial charge < -0.3 is 10.0 Å². The Balaban J connectivity index is 1.80. The summed E-state index contributed by atoms with van der Waals surface area (Å²) >= 11 is 1.43. The van der Waals surface area contributed by atoms with Crippen LogP contribution in [0.5, 0.6) is 0 Å². The zero-order chi connectivity index (χ0) is 14.8. The van der Waals surface area contributed by atoms with Gasteiger partial charge in [-0.2, -0.15) is 0 Å². The Kier molecular flexibility index (Phi) is 3.61. The van der Waals surface area contributed by atoms with Crippen molar-refractivity contribution < 1.29 is 14.7 Å². The average molecular weight is 304 g/mol. The number of pyridine rings is 1. The van der Waals surface area contributed by atoms with E-state index in [-0.39, 0.29) is 5.91 Å². The number of carbonyl (C=O) groups is 2. The van der Waals surface area contributed by atoms with Gasteiger partial charge in [-0.05, 0) is 12.1 Å². The number of carboxylic acid groups (broad SMARTS) is 1. The molecule has 3 heterocycles. The van der Waals surface area contributed by atoms with E-state index in [0.29, 0.717) is 23.0 Å². The number of carbonyl (C=O) groups excluding carboxylic acids is 1. The van der Waals surface area contributed by atoms with Crippen LogP contribution >= 0.6 is 11.8 Å².